The molecule has 1 unspecified atom stereocenters. The van der Waals surface area contributed by atoms with E-state index >= 15 is 0 Å². The smallest absolute Gasteiger partial charge is 0.326 e. The molecule has 1 fully saturated rings. The lowest BCUT2D eigenvalue weighted by atomic mass is 9.70. The minimum Gasteiger partial charge on any atom is -0.480 e. The Hall–Kier alpha value is -2.17. The van der Waals surface area contributed by atoms with Crippen LogP contribution in [0.25, 0.3) is 0 Å². The Morgan fingerprint density at radius 2 is 1.69 bits per heavy atom. The van der Waals surface area contributed by atoms with Gasteiger partial charge in [0.25, 0.3) is 5.91 Å². The van der Waals surface area contributed by atoms with Crippen LogP contribution >= 0.6 is 0 Å². The molecule has 2 rings (SSSR count). The van der Waals surface area contributed by atoms with Gasteiger partial charge in [-0.05, 0) is 23.8 Å². The fraction of sp³-hybridized carbons (Fsp3) is 0.571. The van der Waals surface area contributed by atoms with Crippen molar-refractivity contribution in [2.75, 3.05) is 6.54 Å². The Kier molecular flexibility index (Phi) is 5.59. The molecule has 1 aliphatic rings. The van der Waals surface area contributed by atoms with Crippen LogP contribution < -0.4 is 0 Å². The summed E-state index contributed by atoms with van der Waals surface area (Å²) in [6.45, 7) is 9.62. The number of carbonyl (C=O) groups is 3. The lowest BCUT2D eigenvalue weighted by Crippen LogP contribution is -2.51. The third-order valence-corrected chi connectivity index (χ3v) is 6.05. The summed E-state index contributed by atoms with van der Waals surface area (Å²) in [4.78, 5) is 38.7. The zero-order valence-electron chi connectivity index (χ0n) is 16.3. The number of Topliss-reactive ketones (excluding diaryl/α,β-unsaturated/α-hetero) is 1. The van der Waals surface area contributed by atoms with Crippen LogP contribution in [0, 0.1) is 11.3 Å². The van der Waals surface area contributed by atoms with Gasteiger partial charge in [0.05, 0.1) is 0 Å². The van der Waals surface area contributed by atoms with E-state index < -0.39 is 34.5 Å². The van der Waals surface area contributed by atoms with E-state index in [0.29, 0.717) is 19.4 Å². The summed E-state index contributed by atoms with van der Waals surface area (Å²) in [6, 6.07) is 8.75. The van der Waals surface area contributed by atoms with Crippen molar-refractivity contribution in [2.24, 2.45) is 11.3 Å². The minimum atomic E-state index is -1.05. The van der Waals surface area contributed by atoms with Crippen molar-refractivity contribution < 1.29 is 19.5 Å². The molecule has 2 atom stereocenters. The SMILES string of the molecule is CCC(C)(C)C(=O)C(=O)N1CCC(C(C)(C)c2ccccc2)[C@H]1C(=O)O. The highest BCUT2D eigenvalue weighted by Crippen LogP contribution is 2.42. The molecule has 0 spiro atoms. The molecule has 0 bridgehead atoms. The number of rotatable bonds is 6. The van der Waals surface area contributed by atoms with E-state index in [2.05, 4.69) is 0 Å². The Bertz CT molecular complexity index is 693. The monoisotopic (exact) mass is 359 g/mol. The molecule has 26 heavy (non-hydrogen) atoms. The molecule has 1 saturated heterocycles. The Labute approximate surface area is 155 Å². The summed E-state index contributed by atoms with van der Waals surface area (Å²) in [5.41, 5.74) is -0.179. The molecule has 142 valence electrons. The average Bonchev–Trinajstić information content (AvgIpc) is 3.07. The number of ketones is 1. The van der Waals surface area contributed by atoms with E-state index in [4.69, 9.17) is 0 Å². The second-order valence-electron chi connectivity index (χ2n) is 8.33. The van der Waals surface area contributed by atoms with Gasteiger partial charge in [-0.3, -0.25) is 9.59 Å². The first-order valence-electron chi connectivity index (χ1n) is 9.17. The van der Waals surface area contributed by atoms with Gasteiger partial charge in [0, 0.05) is 17.9 Å². The predicted octanol–water partition coefficient (Wildman–Crippen LogP) is 3.27. The maximum atomic E-state index is 12.8. The summed E-state index contributed by atoms with van der Waals surface area (Å²) in [5.74, 6) is -2.49. The molecular formula is C21H29NO4. The number of nitrogens with zero attached hydrogens (tertiary/aromatic N) is 1. The maximum absolute atomic E-state index is 12.8. The molecule has 0 aliphatic carbocycles. The number of hydrogen-bond acceptors (Lipinski definition) is 3. The molecule has 1 aromatic carbocycles. The highest BCUT2D eigenvalue weighted by molar-refractivity contribution is 6.38. The zero-order chi connectivity index (χ0) is 19.7. The summed E-state index contributed by atoms with van der Waals surface area (Å²) in [6.07, 6.45) is 1.09. The van der Waals surface area contributed by atoms with E-state index in [1.54, 1.807) is 13.8 Å². The van der Waals surface area contributed by atoms with Crippen molar-refractivity contribution in [1.82, 2.24) is 4.90 Å². The number of carboxylic acid groups (broad SMARTS) is 1. The van der Waals surface area contributed by atoms with Crippen molar-refractivity contribution in [1.29, 1.82) is 0 Å². The third-order valence-electron chi connectivity index (χ3n) is 6.05. The normalized spacial score (nSPS) is 20.9. The topological polar surface area (TPSA) is 74.7 Å². The quantitative estimate of drug-likeness (QED) is 0.791. The van der Waals surface area contributed by atoms with Gasteiger partial charge >= 0.3 is 5.97 Å². The molecule has 1 aromatic rings. The first-order chi connectivity index (χ1) is 12.0. The molecule has 0 aromatic heterocycles. The van der Waals surface area contributed by atoms with E-state index in [9.17, 15) is 19.5 Å². The van der Waals surface area contributed by atoms with E-state index in [1.807, 2.05) is 51.1 Å². The van der Waals surface area contributed by atoms with Crippen LogP contribution in [0.4, 0.5) is 0 Å². The molecule has 1 amide bonds. The zero-order valence-corrected chi connectivity index (χ0v) is 16.3. The van der Waals surface area contributed by atoms with Gasteiger partial charge in [0.15, 0.2) is 0 Å². The van der Waals surface area contributed by atoms with E-state index in [1.165, 1.54) is 4.90 Å². The third kappa shape index (κ3) is 3.53. The summed E-state index contributed by atoms with van der Waals surface area (Å²) in [7, 11) is 0. The Morgan fingerprint density at radius 3 is 2.19 bits per heavy atom. The van der Waals surface area contributed by atoms with Crippen molar-refractivity contribution in [3.8, 4) is 0 Å². The average molecular weight is 359 g/mol. The van der Waals surface area contributed by atoms with Gasteiger partial charge in [-0.15, -0.1) is 0 Å². The number of aliphatic carboxylic acids is 1. The van der Waals surface area contributed by atoms with Crippen molar-refractivity contribution in [2.45, 2.75) is 58.9 Å². The highest BCUT2D eigenvalue weighted by atomic mass is 16.4. The maximum Gasteiger partial charge on any atom is 0.326 e. The number of amides is 1. The lowest BCUT2D eigenvalue weighted by Gasteiger charge is -2.36. The fourth-order valence-electron chi connectivity index (χ4n) is 3.74. The van der Waals surface area contributed by atoms with Crippen LogP contribution in [0.1, 0.15) is 53.0 Å². The second kappa shape index (κ2) is 7.22. The molecule has 1 N–H and O–H groups in total. The number of likely N-dealkylation sites (tertiary alicyclic amines) is 1. The van der Waals surface area contributed by atoms with Gasteiger partial charge in [-0.2, -0.15) is 0 Å². The highest BCUT2D eigenvalue weighted by Gasteiger charge is 2.51. The van der Waals surface area contributed by atoms with Crippen molar-refractivity contribution in [3.05, 3.63) is 35.9 Å². The van der Waals surface area contributed by atoms with Gasteiger partial charge in [-0.1, -0.05) is 65.0 Å². The number of carbonyl (C=O) groups excluding carboxylic acids is 2. The van der Waals surface area contributed by atoms with Crippen LogP contribution in [0.3, 0.4) is 0 Å². The summed E-state index contributed by atoms with van der Waals surface area (Å²) >= 11 is 0. The summed E-state index contributed by atoms with van der Waals surface area (Å²) < 4.78 is 0. The van der Waals surface area contributed by atoms with E-state index in [-0.39, 0.29) is 5.92 Å². The minimum absolute atomic E-state index is 0.260. The second-order valence-corrected chi connectivity index (χ2v) is 8.33. The van der Waals surface area contributed by atoms with Crippen LogP contribution in [0.2, 0.25) is 0 Å². The molecule has 5 nitrogen and oxygen atoms in total. The molecule has 5 heteroatoms. The number of carboxylic acids is 1. The van der Waals surface area contributed by atoms with Crippen LogP contribution in [-0.2, 0) is 19.8 Å². The Balaban J connectivity index is 2.35. The molecule has 1 heterocycles. The Morgan fingerprint density at radius 1 is 1.12 bits per heavy atom. The first-order valence-corrected chi connectivity index (χ1v) is 9.17. The standard InChI is InChI=1S/C21H29NO4/c1-6-20(2,3)17(23)18(24)22-13-12-15(16(22)19(25)26)21(4,5)14-10-8-7-9-11-14/h7-11,15-16H,6,12-13H2,1-5H3,(H,25,26)/t15?,16-/m0/s1. The number of benzene rings is 1. The van der Waals surface area contributed by atoms with Crippen LogP contribution in [0.15, 0.2) is 30.3 Å². The van der Waals surface area contributed by atoms with Crippen molar-refractivity contribution >= 4 is 17.7 Å². The van der Waals surface area contributed by atoms with Crippen LogP contribution in [0.5, 0.6) is 0 Å². The molecule has 1 aliphatic heterocycles. The van der Waals surface area contributed by atoms with Gasteiger partial charge in [-0.25, -0.2) is 4.79 Å². The largest absolute Gasteiger partial charge is 0.480 e. The first kappa shape index (κ1) is 20.1. The fourth-order valence-corrected chi connectivity index (χ4v) is 3.74. The predicted molar refractivity (Wildman–Crippen MR) is 99.8 cm³/mol. The molecule has 0 radical (unpaired) electrons. The number of hydrogen-bond donors (Lipinski definition) is 1. The van der Waals surface area contributed by atoms with E-state index in [0.717, 1.165) is 5.56 Å². The van der Waals surface area contributed by atoms with Crippen molar-refractivity contribution in [3.63, 3.8) is 0 Å². The van der Waals surface area contributed by atoms with Gasteiger partial charge in [0.2, 0.25) is 5.78 Å². The molecular weight excluding hydrogens is 330 g/mol. The van der Waals surface area contributed by atoms with Gasteiger partial charge in [0.1, 0.15) is 6.04 Å². The van der Waals surface area contributed by atoms with Gasteiger partial charge < -0.3 is 10.0 Å². The lowest BCUT2D eigenvalue weighted by molar-refractivity contribution is -0.156. The van der Waals surface area contributed by atoms with Crippen LogP contribution in [-0.4, -0.2) is 40.3 Å². The summed E-state index contributed by atoms with van der Waals surface area (Å²) in [5, 5.41) is 9.85. The molecule has 0 saturated carbocycles.